The first-order chi connectivity index (χ1) is 15.6. The highest BCUT2D eigenvalue weighted by atomic mass is 32.1. The fraction of sp³-hybridized carbons (Fsp3) is 0.542. The van der Waals surface area contributed by atoms with Gasteiger partial charge in [0.15, 0.2) is 5.13 Å². The van der Waals surface area contributed by atoms with Crippen molar-refractivity contribution in [3.63, 3.8) is 0 Å². The van der Waals surface area contributed by atoms with Gasteiger partial charge in [-0.15, -0.1) is 0 Å². The van der Waals surface area contributed by atoms with Gasteiger partial charge in [0.05, 0.1) is 15.9 Å². The molecule has 4 heterocycles. The molecule has 0 N–H and O–H groups in total. The quantitative estimate of drug-likeness (QED) is 0.598. The zero-order valence-corrected chi connectivity index (χ0v) is 19.7. The van der Waals surface area contributed by atoms with Gasteiger partial charge in [-0.05, 0) is 45.2 Å². The predicted octanol–water partition coefficient (Wildman–Crippen LogP) is 3.85. The van der Waals surface area contributed by atoms with Crippen LogP contribution in [0.15, 0.2) is 28.8 Å². The molecule has 0 atom stereocenters. The Bertz CT molecular complexity index is 1030. The molecule has 1 aromatic carbocycles. The van der Waals surface area contributed by atoms with E-state index in [1.807, 2.05) is 19.9 Å². The molecule has 2 aliphatic heterocycles. The van der Waals surface area contributed by atoms with E-state index >= 15 is 0 Å². The van der Waals surface area contributed by atoms with Gasteiger partial charge < -0.3 is 14.3 Å². The number of anilines is 1. The summed E-state index contributed by atoms with van der Waals surface area (Å²) < 4.78 is 6.54. The summed E-state index contributed by atoms with van der Waals surface area (Å²) >= 11 is 1.75. The Morgan fingerprint density at radius 3 is 2.66 bits per heavy atom. The molecule has 0 unspecified atom stereocenters. The minimum atomic E-state index is 0.134. The second-order valence-corrected chi connectivity index (χ2v) is 9.99. The highest BCUT2D eigenvalue weighted by Crippen LogP contribution is 2.32. The Morgan fingerprint density at radius 2 is 1.91 bits per heavy atom. The van der Waals surface area contributed by atoms with E-state index in [0.717, 1.165) is 87.2 Å². The Morgan fingerprint density at radius 1 is 1.09 bits per heavy atom. The van der Waals surface area contributed by atoms with Crippen LogP contribution >= 0.6 is 11.3 Å². The van der Waals surface area contributed by atoms with Crippen LogP contribution in [0.2, 0.25) is 0 Å². The van der Waals surface area contributed by atoms with Gasteiger partial charge in [0, 0.05) is 57.3 Å². The van der Waals surface area contributed by atoms with Crippen LogP contribution in [0, 0.1) is 19.8 Å². The molecule has 2 fully saturated rings. The van der Waals surface area contributed by atoms with Crippen molar-refractivity contribution in [2.24, 2.45) is 5.92 Å². The van der Waals surface area contributed by atoms with E-state index in [1.165, 1.54) is 10.3 Å². The van der Waals surface area contributed by atoms with E-state index in [1.54, 1.807) is 11.3 Å². The number of aryl methyl sites for hydroxylation is 2. The number of carbonyl (C=O) groups is 1. The maximum absolute atomic E-state index is 13.3. The average Bonchev–Trinajstić information content (AvgIpc) is 3.29. The first-order valence-corrected chi connectivity index (χ1v) is 12.4. The van der Waals surface area contributed by atoms with Gasteiger partial charge in [0.2, 0.25) is 5.91 Å². The number of nitrogens with zero attached hydrogens (tertiary/aromatic N) is 5. The highest BCUT2D eigenvalue weighted by molar-refractivity contribution is 7.22. The van der Waals surface area contributed by atoms with Crippen LogP contribution in [0.25, 0.3) is 10.2 Å². The number of fused-ring (bicyclic) bond motifs is 1. The molecular weight excluding hydrogens is 422 g/mol. The van der Waals surface area contributed by atoms with Gasteiger partial charge in [-0.2, -0.15) is 0 Å². The van der Waals surface area contributed by atoms with Crippen molar-refractivity contribution in [3.8, 4) is 0 Å². The van der Waals surface area contributed by atoms with E-state index in [2.05, 4.69) is 38.1 Å². The number of piperidine rings is 1. The number of thiazole rings is 1. The lowest BCUT2D eigenvalue weighted by Crippen LogP contribution is -2.43. The van der Waals surface area contributed by atoms with Crippen molar-refractivity contribution in [1.82, 2.24) is 19.9 Å². The van der Waals surface area contributed by atoms with Crippen molar-refractivity contribution >= 4 is 32.6 Å². The number of benzene rings is 1. The number of carbonyl (C=O) groups excluding carboxylic acids is 1. The topological polar surface area (TPSA) is 65.7 Å². The summed E-state index contributed by atoms with van der Waals surface area (Å²) in [6, 6.07) is 8.29. The van der Waals surface area contributed by atoms with Gasteiger partial charge in [0.1, 0.15) is 5.76 Å². The van der Waals surface area contributed by atoms with Crippen LogP contribution < -0.4 is 4.90 Å². The standard InChI is InChI=1S/C24H31N5O2S/c1-17-20(18(2)31-26-17)16-27-10-5-11-28(15-14-27)23(30)19-8-12-29(13-9-19)24-25-21-6-3-4-7-22(21)32-24/h3-4,6-7,19H,5,8-16H2,1-2H3. The smallest absolute Gasteiger partial charge is 0.225 e. The average molecular weight is 454 g/mol. The largest absolute Gasteiger partial charge is 0.361 e. The Balaban J connectivity index is 1.15. The fourth-order valence-corrected chi connectivity index (χ4v) is 5.89. The summed E-state index contributed by atoms with van der Waals surface area (Å²) in [7, 11) is 0. The number of hydrogen-bond donors (Lipinski definition) is 0. The lowest BCUT2D eigenvalue weighted by atomic mass is 9.95. The minimum Gasteiger partial charge on any atom is -0.361 e. The summed E-state index contributed by atoms with van der Waals surface area (Å²) in [6.07, 6.45) is 2.84. The van der Waals surface area contributed by atoms with Gasteiger partial charge >= 0.3 is 0 Å². The molecule has 2 aliphatic rings. The molecule has 0 saturated carbocycles. The Kier molecular flexibility index (Phi) is 6.15. The number of hydrogen-bond acceptors (Lipinski definition) is 7. The third kappa shape index (κ3) is 4.38. The predicted molar refractivity (Wildman–Crippen MR) is 127 cm³/mol. The van der Waals surface area contributed by atoms with Gasteiger partial charge in [-0.1, -0.05) is 28.6 Å². The van der Waals surface area contributed by atoms with Gasteiger partial charge in [-0.3, -0.25) is 9.69 Å². The molecule has 0 bridgehead atoms. The molecule has 0 radical (unpaired) electrons. The molecular formula is C24H31N5O2S. The van der Waals surface area contributed by atoms with Crippen molar-refractivity contribution in [2.75, 3.05) is 44.2 Å². The van der Waals surface area contributed by atoms with Crippen LogP contribution in [0.3, 0.4) is 0 Å². The summed E-state index contributed by atoms with van der Waals surface area (Å²) in [5, 5.41) is 5.16. The van der Waals surface area contributed by atoms with Crippen LogP contribution in [-0.2, 0) is 11.3 Å². The van der Waals surface area contributed by atoms with Crippen molar-refractivity contribution in [1.29, 1.82) is 0 Å². The molecule has 8 heteroatoms. The maximum Gasteiger partial charge on any atom is 0.225 e. The molecule has 1 amide bonds. The Labute approximate surface area is 193 Å². The second kappa shape index (κ2) is 9.19. The van der Waals surface area contributed by atoms with Gasteiger partial charge in [-0.25, -0.2) is 4.98 Å². The molecule has 3 aromatic rings. The maximum atomic E-state index is 13.3. The van der Waals surface area contributed by atoms with Crippen molar-refractivity contribution in [2.45, 2.75) is 39.7 Å². The van der Waals surface area contributed by atoms with Crippen molar-refractivity contribution in [3.05, 3.63) is 41.3 Å². The molecule has 170 valence electrons. The van der Waals surface area contributed by atoms with E-state index in [4.69, 9.17) is 9.51 Å². The summed E-state index contributed by atoms with van der Waals surface area (Å²) in [4.78, 5) is 24.9. The molecule has 2 saturated heterocycles. The van der Waals surface area contributed by atoms with Crippen LogP contribution in [-0.4, -0.2) is 65.1 Å². The van der Waals surface area contributed by atoms with E-state index < -0.39 is 0 Å². The first-order valence-electron chi connectivity index (χ1n) is 11.6. The summed E-state index contributed by atoms with van der Waals surface area (Å²) in [5.41, 5.74) is 3.22. The summed E-state index contributed by atoms with van der Waals surface area (Å²) in [5.74, 6) is 1.38. The number of rotatable bonds is 4. The lowest BCUT2D eigenvalue weighted by molar-refractivity contribution is -0.136. The molecule has 5 rings (SSSR count). The van der Waals surface area contributed by atoms with E-state index in [0.29, 0.717) is 5.91 Å². The zero-order valence-electron chi connectivity index (χ0n) is 18.9. The number of para-hydroxylation sites is 1. The third-order valence-corrected chi connectivity index (χ3v) is 7.96. The molecule has 7 nitrogen and oxygen atoms in total. The second-order valence-electron chi connectivity index (χ2n) is 8.98. The number of aromatic nitrogens is 2. The highest BCUT2D eigenvalue weighted by Gasteiger charge is 2.30. The van der Waals surface area contributed by atoms with Gasteiger partial charge in [0.25, 0.3) is 0 Å². The Hall–Kier alpha value is -2.45. The fourth-order valence-electron chi connectivity index (χ4n) is 4.87. The van der Waals surface area contributed by atoms with E-state index in [9.17, 15) is 4.79 Å². The van der Waals surface area contributed by atoms with E-state index in [-0.39, 0.29) is 5.92 Å². The lowest BCUT2D eigenvalue weighted by Gasteiger charge is -2.33. The molecule has 0 aliphatic carbocycles. The van der Waals surface area contributed by atoms with Crippen LogP contribution in [0.1, 0.15) is 36.3 Å². The number of amides is 1. The SMILES string of the molecule is Cc1noc(C)c1CN1CCCN(C(=O)C2CCN(c3nc4ccccc4s3)CC2)CC1. The minimum absolute atomic E-state index is 0.134. The van der Waals surface area contributed by atoms with Crippen LogP contribution in [0.5, 0.6) is 0 Å². The normalized spacial score (nSPS) is 18.9. The monoisotopic (exact) mass is 453 g/mol. The zero-order chi connectivity index (χ0) is 22.1. The van der Waals surface area contributed by atoms with Crippen molar-refractivity contribution < 1.29 is 9.32 Å². The van der Waals surface area contributed by atoms with Crippen LogP contribution in [0.4, 0.5) is 5.13 Å². The molecule has 32 heavy (non-hydrogen) atoms. The third-order valence-electron chi connectivity index (χ3n) is 6.86. The summed E-state index contributed by atoms with van der Waals surface area (Å²) in [6.45, 7) is 10.2. The molecule has 2 aromatic heterocycles. The first kappa shape index (κ1) is 21.4. The molecule has 0 spiro atoms.